The number of carboxylic acids is 1. The second-order valence-electron chi connectivity index (χ2n) is 4.43. The Balaban J connectivity index is 2.24. The first kappa shape index (κ1) is 13.1. The van der Waals surface area contributed by atoms with Gasteiger partial charge in [-0.25, -0.2) is 9.97 Å². The maximum Gasteiger partial charge on any atom is 0.305 e. The van der Waals surface area contributed by atoms with Gasteiger partial charge in [0, 0.05) is 35.9 Å². The minimum atomic E-state index is -0.755. The van der Waals surface area contributed by atoms with E-state index in [1.807, 2.05) is 19.9 Å². The normalized spacial score (nSPS) is 19.9. The SMILES string of the molecule is Cc1cc(N2CCSCC2CC(=O)O)nc(C)n1. The lowest BCUT2D eigenvalue weighted by Gasteiger charge is -2.35. The fourth-order valence-corrected chi connectivity index (χ4v) is 3.23. The highest BCUT2D eigenvalue weighted by Gasteiger charge is 2.26. The van der Waals surface area contributed by atoms with Gasteiger partial charge in [-0.05, 0) is 13.8 Å². The highest BCUT2D eigenvalue weighted by molar-refractivity contribution is 7.99. The molecule has 18 heavy (non-hydrogen) atoms. The number of hydrogen-bond donors (Lipinski definition) is 1. The maximum atomic E-state index is 10.9. The van der Waals surface area contributed by atoms with Crippen LogP contribution in [0.4, 0.5) is 5.82 Å². The van der Waals surface area contributed by atoms with Crippen molar-refractivity contribution in [3.05, 3.63) is 17.6 Å². The Morgan fingerprint density at radius 3 is 3.00 bits per heavy atom. The summed E-state index contributed by atoms with van der Waals surface area (Å²) >= 11 is 1.80. The molecule has 5 nitrogen and oxygen atoms in total. The summed E-state index contributed by atoms with van der Waals surface area (Å²) in [5.41, 5.74) is 0.921. The van der Waals surface area contributed by atoms with Crippen LogP contribution in [0, 0.1) is 13.8 Å². The average Bonchev–Trinajstić information content (AvgIpc) is 2.27. The van der Waals surface area contributed by atoms with Gasteiger partial charge in [-0.2, -0.15) is 11.8 Å². The number of carbonyl (C=O) groups is 1. The van der Waals surface area contributed by atoms with Gasteiger partial charge < -0.3 is 10.0 Å². The van der Waals surface area contributed by atoms with E-state index in [2.05, 4.69) is 14.9 Å². The predicted octanol–water partition coefficient (Wildman–Crippen LogP) is 1.49. The van der Waals surface area contributed by atoms with Gasteiger partial charge in [0.2, 0.25) is 0 Å². The number of aryl methyl sites for hydroxylation is 2. The Morgan fingerprint density at radius 1 is 1.56 bits per heavy atom. The first-order valence-electron chi connectivity index (χ1n) is 5.94. The summed E-state index contributed by atoms with van der Waals surface area (Å²) in [6.07, 6.45) is 0.162. The monoisotopic (exact) mass is 267 g/mol. The van der Waals surface area contributed by atoms with E-state index < -0.39 is 5.97 Å². The first-order valence-corrected chi connectivity index (χ1v) is 7.10. The summed E-state index contributed by atoms with van der Waals surface area (Å²) in [6.45, 7) is 4.64. The molecule has 0 spiro atoms. The molecule has 1 unspecified atom stereocenters. The fourth-order valence-electron chi connectivity index (χ4n) is 2.17. The van der Waals surface area contributed by atoms with Crippen molar-refractivity contribution in [2.75, 3.05) is 23.0 Å². The van der Waals surface area contributed by atoms with Crippen molar-refractivity contribution in [2.45, 2.75) is 26.3 Å². The van der Waals surface area contributed by atoms with Gasteiger partial charge in [0.25, 0.3) is 0 Å². The summed E-state index contributed by atoms with van der Waals surface area (Å²) in [5.74, 6) is 2.69. The van der Waals surface area contributed by atoms with Crippen molar-refractivity contribution in [1.82, 2.24) is 9.97 Å². The van der Waals surface area contributed by atoms with E-state index in [1.165, 1.54) is 0 Å². The first-order chi connectivity index (χ1) is 8.56. The van der Waals surface area contributed by atoms with E-state index in [-0.39, 0.29) is 12.5 Å². The number of rotatable bonds is 3. The molecule has 1 fully saturated rings. The number of nitrogens with zero attached hydrogens (tertiary/aromatic N) is 3. The Labute approximate surface area is 111 Å². The van der Waals surface area contributed by atoms with Crippen LogP contribution >= 0.6 is 11.8 Å². The smallest absolute Gasteiger partial charge is 0.305 e. The van der Waals surface area contributed by atoms with Crippen molar-refractivity contribution in [1.29, 1.82) is 0 Å². The molecule has 98 valence electrons. The molecule has 6 heteroatoms. The number of thioether (sulfide) groups is 1. The maximum absolute atomic E-state index is 10.9. The third-order valence-electron chi connectivity index (χ3n) is 2.88. The molecule has 1 aromatic rings. The van der Waals surface area contributed by atoms with E-state index in [4.69, 9.17) is 5.11 Å². The molecule has 1 aliphatic heterocycles. The molecule has 1 saturated heterocycles. The second kappa shape index (κ2) is 5.56. The molecular formula is C12H17N3O2S. The zero-order chi connectivity index (χ0) is 13.1. The molecule has 0 saturated carbocycles. The lowest BCUT2D eigenvalue weighted by Crippen LogP contribution is -2.44. The molecule has 0 radical (unpaired) electrons. The minimum Gasteiger partial charge on any atom is -0.481 e. The Kier molecular flexibility index (Phi) is 4.06. The van der Waals surface area contributed by atoms with Gasteiger partial charge in [0.1, 0.15) is 11.6 Å². The van der Waals surface area contributed by atoms with Gasteiger partial charge >= 0.3 is 5.97 Å². The highest BCUT2D eigenvalue weighted by atomic mass is 32.2. The topological polar surface area (TPSA) is 66.3 Å². The van der Waals surface area contributed by atoms with Gasteiger partial charge in [-0.15, -0.1) is 0 Å². The quantitative estimate of drug-likeness (QED) is 0.895. The minimum absolute atomic E-state index is 0.0231. The van der Waals surface area contributed by atoms with Crippen molar-refractivity contribution in [2.24, 2.45) is 0 Å². The van der Waals surface area contributed by atoms with Crippen LogP contribution in [-0.4, -0.2) is 45.1 Å². The van der Waals surface area contributed by atoms with Crippen molar-refractivity contribution < 1.29 is 9.90 Å². The van der Waals surface area contributed by atoms with Crippen LogP contribution < -0.4 is 4.90 Å². The summed E-state index contributed by atoms with van der Waals surface area (Å²) < 4.78 is 0. The van der Waals surface area contributed by atoms with Crippen LogP contribution in [-0.2, 0) is 4.79 Å². The van der Waals surface area contributed by atoms with Crippen LogP contribution in [0.5, 0.6) is 0 Å². The van der Waals surface area contributed by atoms with E-state index in [9.17, 15) is 4.79 Å². The number of aliphatic carboxylic acids is 1. The van der Waals surface area contributed by atoms with E-state index in [0.717, 1.165) is 35.4 Å². The molecule has 0 bridgehead atoms. The Bertz CT molecular complexity index is 433. The third-order valence-corrected chi connectivity index (χ3v) is 3.98. The van der Waals surface area contributed by atoms with E-state index in [1.54, 1.807) is 11.8 Å². The van der Waals surface area contributed by atoms with Crippen molar-refractivity contribution >= 4 is 23.5 Å². The van der Waals surface area contributed by atoms with Crippen molar-refractivity contribution in [3.8, 4) is 0 Å². The summed E-state index contributed by atoms with van der Waals surface area (Å²) in [6, 6.07) is 1.95. The lowest BCUT2D eigenvalue weighted by atomic mass is 10.2. The van der Waals surface area contributed by atoms with Crippen LogP contribution in [0.15, 0.2) is 6.07 Å². The fraction of sp³-hybridized carbons (Fsp3) is 0.583. The van der Waals surface area contributed by atoms with Gasteiger partial charge in [0.15, 0.2) is 0 Å². The number of carboxylic acid groups (broad SMARTS) is 1. The zero-order valence-corrected chi connectivity index (χ0v) is 11.4. The molecule has 0 amide bonds. The highest BCUT2D eigenvalue weighted by Crippen LogP contribution is 2.24. The van der Waals surface area contributed by atoms with Crippen LogP contribution in [0.25, 0.3) is 0 Å². The second-order valence-corrected chi connectivity index (χ2v) is 5.58. The molecule has 1 atom stereocenters. The molecular weight excluding hydrogens is 250 g/mol. The van der Waals surface area contributed by atoms with Gasteiger partial charge in [0.05, 0.1) is 6.42 Å². The van der Waals surface area contributed by atoms with Crippen molar-refractivity contribution in [3.63, 3.8) is 0 Å². The summed E-state index contributed by atoms with van der Waals surface area (Å²) in [4.78, 5) is 21.7. The molecule has 2 rings (SSSR count). The van der Waals surface area contributed by atoms with E-state index in [0.29, 0.717) is 0 Å². The number of hydrogen-bond acceptors (Lipinski definition) is 5. The summed E-state index contributed by atoms with van der Waals surface area (Å²) in [5, 5.41) is 8.97. The average molecular weight is 267 g/mol. The summed E-state index contributed by atoms with van der Waals surface area (Å²) in [7, 11) is 0. The molecule has 2 heterocycles. The number of anilines is 1. The standard InChI is InChI=1S/C12H17N3O2S/c1-8-5-11(14-9(2)13-8)15-3-4-18-7-10(15)6-12(16)17/h5,10H,3-4,6-7H2,1-2H3,(H,16,17). The molecule has 1 aliphatic rings. The Morgan fingerprint density at radius 2 is 2.33 bits per heavy atom. The van der Waals surface area contributed by atoms with Crippen LogP contribution in [0.3, 0.4) is 0 Å². The number of aromatic nitrogens is 2. The van der Waals surface area contributed by atoms with Crippen LogP contribution in [0.2, 0.25) is 0 Å². The third kappa shape index (κ3) is 3.13. The molecule has 0 aromatic carbocycles. The lowest BCUT2D eigenvalue weighted by molar-refractivity contribution is -0.137. The van der Waals surface area contributed by atoms with E-state index >= 15 is 0 Å². The molecule has 1 N–H and O–H groups in total. The predicted molar refractivity (Wildman–Crippen MR) is 72.2 cm³/mol. The van der Waals surface area contributed by atoms with Gasteiger partial charge in [-0.3, -0.25) is 4.79 Å². The van der Waals surface area contributed by atoms with Gasteiger partial charge in [-0.1, -0.05) is 0 Å². The molecule has 0 aliphatic carbocycles. The van der Waals surface area contributed by atoms with Crippen LogP contribution in [0.1, 0.15) is 17.9 Å². The zero-order valence-electron chi connectivity index (χ0n) is 10.6. The largest absolute Gasteiger partial charge is 0.481 e. The Hall–Kier alpha value is -1.30. The molecule has 1 aromatic heterocycles.